The third kappa shape index (κ3) is 3.16. The quantitative estimate of drug-likeness (QED) is 0.848. The van der Waals surface area contributed by atoms with Crippen molar-refractivity contribution < 1.29 is 13.9 Å². The number of nitrogens with zero attached hydrogens (tertiary/aromatic N) is 1. The van der Waals surface area contributed by atoms with E-state index in [0.717, 1.165) is 5.56 Å². The zero-order valence-electron chi connectivity index (χ0n) is 12.6. The number of hydrogen-bond donors (Lipinski definition) is 2. The minimum absolute atomic E-state index is 0.127. The molecule has 21 heavy (non-hydrogen) atoms. The van der Waals surface area contributed by atoms with Crippen LogP contribution >= 0.6 is 0 Å². The second-order valence-electron chi connectivity index (χ2n) is 5.69. The third-order valence-corrected chi connectivity index (χ3v) is 3.09. The lowest BCUT2D eigenvalue weighted by Crippen LogP contribution is -2.18. The molecular formula is C15H19N3O3. The molecule has 0 aliphatic carbocycles. The second-order valence-corrected chi connectivity index (χ2v) is 5.69. The Morgan fingerprint density at radius 1 is 1.38 bits per heavy atom. The molecule has 0 bridgehead atoms. The number of anilines is 2. The van der Waals surface area contributed by atoms with E-state index < -0.39 is 0 Å². The Bertz CT molecular complexity index is 643. The van der Waals surface area contributed by atoms with Gasteiger partial charge in [-0.2, -0.15) is 0 Å². The molecule has 0 atom stereocenters. The Morgan fingerprint density at radius 3 is 2.62 bits per heavy atom. The standard InChI is InChI=1S/C15H19N3O3/c1-15(2,3)9-7-10(12(20-4)11(16)8-9)13(19)18-14-17-5-6-21-14/h5-8H,16H2,1-4H3,(H,17,18,19). The smallest absolute Gasteiger partial charge is 0.301 e. The van der Waals surface area contributed by atoms with E-state index in [-0.39, 0.29) is 17.3 Å². The molecule has 0 saturated heterocycles. The number of nitrogens with one attached hydrogen (secondary N) is 1. The van der Waals surface area contributed by atoms with E-state index in [1.165, 1.54) is 19.6 Å². The first kappa shape index (κ1) is 14.9. The molecular weight excluding hydrogens is 270 g/mol. The number of hydrogen-bond acceptors (Lipinski definition) is 5. The highest BCUT2D eigenvalue weighted by Crippen LogP contribution is 2.33. The van der Waals surface area contributed by atoms with Crippen LogP contribution in [0.1, 0.15) is 36.7 Å². The van der Waals surface area contributed by atoms with Gasteiger partial charge >= 0.3 is 6.01 Å². The van der Waals surface area contributed by atoms with Gasteiger partial charge in [-0.3, -0.25) is 10.1 Å². The van der Waals surface area contributed by atoms with Gasteiger partial charge in [-0.15, -0.1) is 0 Å². The summed E-state index contributed by atoms with van der Waals surface area (Å²) in [5, 5.41) is 2.57. The van der Waals surface area contributed by atoms with E-state index in [4.69, 9.17) is 14.9 Å². The molecule has 0 aliphatic heterocycles. The van der Waals surface area contributed by atoms with Gasteiger partial charge in [-0.05, 0) is 23.1 Å². The minimum Gasteiger partial charge on any atom is -0.494 e. The van der Waals surface area contributed by atoms with Crippen LogP contribution in [-0.2, 0) is 5.41 Å². The number of nitrogen functional groups attached to an aromatic ring is 1. The van der Waals surface area contributed by atoms with Crippen molar-refractivity contribution in [2.75, 3.05) is 18.2 Å². The molecule has 1 amide bonds. The summed E-state index contributed by atoms with van der Waals surface area (Å²) in [5.74, 6) is -0.0424. The highest BCUT2D eigenvalue weighted by molar-refractivity contribution is 6.06. The maximum absolute atomic E-state index is 12.4. The summed E-state index contributed by atoms with van der Waals surface area (Å²) in [7, 11) is 1.48. The average Bonchev–Trinajstić information content (AvgIpc) is 2.89. The van der Waals surface area contributed by atoms with Gasteiger partial charge in [0.05, 0.1) is 24.6 Å². The lowest BCUT2D eigenvalue weighted by molar-refractivity contribution is 0.102. The van der Waals surface area contributed by atoms with Gasteiger partial charge in [-0.25, -0.2) is 4.98 Å². The Labute approximate surface area is 123 Å². The van der Waals surface area contributed by atoms with Crippen molar-refractivity contribution in [1.82, 2.24) is 4.98 Å². The van der Waals surface area contributed by atoms with E-state index in [0.29, 0.717) is 17.0 Å². The van der Waals surface area contributed by atoms with Crippen molar-refractivity contribution >= 4 is 17.6 Å². The summed E-state index contributed by atoms with van der Waals surface area (Å²) in [4.78, 5) is 16.2. The number of carbonyl (C=O) groups is 1. The van der Waals surface area contributed by atoms with Gasteiger partial charge in [0.25, 0.3) is 5.91 Å². The molecule has 1 heterocycles. The van der Waals surface area contributed by atoms with Crippen molar-refractivity contribution in [2.45, 2.75) is 26.2 Å². The van der Waals surface area contributed by atoms with Crippen molar-refractivity contribution in [3.05, 3.63) is 35.7 Å². The Balaban J connectivity index is 2.45. The third-order valence-electron chi connectivity index (χ3n) is 3.09. The fourth-order valence-electron chi connectivity index (χ4n) is 1.93. The van der Waals surface area contributed by atoms with E-state index in [1.54, 1.807) is 6.07 Å². The molecule has 112 valence electrons. The molecule has 6 heteroatoms. The van der Waals surface area contributed by atoms with Crippen LogP contribution in [0.3, 0.4) is 0 Å². The summed E-state index contributed by atoms with van der Waals surface area (Å²) in [5.41, 5.74) is 7.57. The molecule has 2 rings (SSSR count). The van der Waals surface area contributed by atoms with E-state index in [9.17, 15) is 4.79 Å². The summed E-state index contributed by atoms with van der Waals surface area (Å²) < 4.78 is 10.3. The van der Waals surface area contributed by atoms with Gasteiger partial charge in [0.2, 0.25) is 0 Å². The van der Waals surface area contributed by atoms with Crippen LogP contribution in [0.2, 0.25) is 0 Å². The molecule has 2 aromatic rings. The summed E-state index contributed by atoms with van der Waals surface area (Å²) in [6.07, 6.45) is 2.83. The molecule has 0 saturated carbocycles. The number of oxazole rings is 1. The fraction of sp³-hybridized carbons (Fsp3) is 0.333. The first-order valence-electron chi connectivity index (χ1n) is 6.51. The lowest BCUT2D eigenvalue weighted by Gasteiger charge is -2.22. The predicted octanol–water partition coefficient (Wildman–Crippen LogP) is 2.82. The zero-order valence-corrected chi connectivity index (χ0v) is 12.6. The number of carbonyl (C=O) groups excluding carboxylic acids is 1. The molecule has 0 radical (unpaired) electrons. The summed E-state index contributed by atoms with van der Waals surface area (Å²) >= 11 is 0. The van der Waals surface area contributed by atoms with Crippen LogP contribution in [0, 0.1) is 0 Å². The Hall–Kier alpha value is -2.50. The number of benzene rings is 1. The molecule has 0 fully saturated rings. The SMILES string of the molecule is COc1c(N)cc(C(C)(C)C)cc1C(=O)Nc1ncco1. The van der Waals surface area contributed by atoms with E-state index >= 15 is 0 Å². The molecule has 6 nitrogen and oxygen atoms in total. The zero-order chi connectivity index (χ0) is 15.6. The number of rotatable bonds is 3. The van der Waals surface area contributed by atoms with Crippen molar-refractivity contribution in [1.29, 1.82) is 0 Å². The van der Waals surface area contributed by atoms with E-state index in [1.807, 2.05) is 26.8 Å². The first-order chi connectivity index (χ1) is 9.82. The topological polar surface area (TPSA) is 90.4 Å². The molecule has 0 spiro atoms. The van der Waals surface area contributed by atoms with Crippen LogP contribution in [0.25, 0.3) is 0 Å². The van der Waals surface area contributed by atoms with Crippen molar-refractivity contribution in [3.63, 3.8) is 0 Å². The molecule has 1 aromatic carbocycles. The molecule has 3 N–H and O–H groups in total. The van der Waals surface area contributed by atoms with Gasteiger partial charge in [0, 0.05) is 0 Å². The van der Waals surface area contributed by atoms with E-state index in [2.05, 4.69) is 10.3 Å². The minimum atomic E-state index is -0.382. The van der Waals surface area contributed by atoms with Gasteiger partial charge in [-0.1, -0.05) is 20.8 Å². The Kier molecular flexibility index (Phi) is 3.88. The maximum Gasteiger partial charge on any atom is 0.301 e. The number of amides is 1. The highest BCUT2D eigenvalue weighted by Gasteiger charge is 2.22. The van der Waals surface area contributed by atoms with Crippen LogP contribution in [0.4, 0.5) is 11.7 Å². The molecule has 0 aliphatic rings. The second kappa shape index (κ2) is 5.47. The number of aromatic nitrogens is 1. The summed E-state index contributed by atoms with van der Waals surface area (Å²) in [6, 6.07) is 3.72. The largest absolute Gasteiger partial charge is 0.494 e. The van der Waals surface area contributed by atoms with Crippen LogP contribution in [0.5, 0.6) is 5.75 Å². The van der Waals surface area contributed by atoms with Gasteiger partial charge in [0.1, 0.15) is 6.26 Å². The monoisotopic (exact) mass is 289 g/mol. The maximum atomic E-state index is 12.4. The number of ether oxygens (including phenoxy) is 1. The predicted molar refractivity (Wildman–Crippen MR) is 80.6 cm³/mol. The van der Waals surface area contributed by atoms with Crippen molar-refractivity contribution in [3.8, 4) is 5.75 Å². The summed E-state index contributed by atoms with van der Waals surface area (Å²) in [6.45, 7) is 6.14. The van der Waals surface area contributed by atoms with Crippen LogP contribution in [0.15, 0.2) is 29.0 Å². The molecule has 0 unspecified atom stereocenters. The average molecular weight is 289 g/mol. The highest BCUT2D eigenvalue weighted by atomic mass is 16.5. The van der Waals surface area contributed by atoms with Gasteiger partial charge in [0.15, 0.2) is 5.75 Å². The first-order valence-corrected chi connectivity index (χ1v) is 6.51. The lowest BCUT2D eigenvalue weighted by atomic mass is 9.85. The van der Waals surface area contributed by atoms with Gasteiger partial charge < -0.3 is 14.9 Å². The number of methoxy groups -OCH3 is 1. The molecule has 1 aromatic heterocycles. The number of nitrogens with two attached hydrogens (primary N) is 1. The fourth-order valence-corrected chi connectivity index (χ4v) is 1.93. The normalized spacial score (nSPS) is 11.2. The van der Waals surface area contributed by atoms with Crippen LogP contribution < -0.4 is 15.8 Å². The van der Waals surface area contributed by atoms with Crippen LogP contribution in [-0.4, -0.2) is 18.0 Å². The Morgan fingerprint density at radius 2 is 2.10 bits per heavy atom. The van der Waals surface area contributed by atoms with Crippen molar-refractivity contribution in [2.24, 2.45) is 0 Å².